The van der Waals surface area contributed by atoms with E-state index in [1.807, 2.05) is 36.4 Å². The highest BCUT2D eigenvalue weighted by Gasteiger charge is 2.28. The van der Waals surface area contributed by atoms with Crippen LogP contribution in [0.3, 0.4) is 0 Å². The van der Waals surface area contributed by atoms with Crippen LogP contribution >= 0.6 is 0 Å². The molecule has 3 heterocycles. The van der Waals surface area contributed by atoms with Crippen LogP contribution in [0, 0.1) is 5.92 Å². The molecule has 3 N–H and O–H groups in total. The van der Waals surface area contributed by atoms with E-state index in [4.69, 9.17) is 4.74 Å². The van der Waals surface area contributed by atoms with Gasteiger partial charge in [-0.05, 0) is 31.0 Å². The summed E-state index contributed by atoms with van der Waals surface area (Å²) < 4.78 is 5.97. The first-order valence-electron chi connectivity index (χ1n) is 8.69. The molecule has 3 aromatic rings. The standard InChI is InChI=1S/C19H22N4O2/c24-12-15-10-13-4-1-2-6-16(13)22-19(15)20-11-14-5-3-9-25-18(14)17-7-8-21-23-17/h1-2,4,6-8,10,14,18,24H,3,5,9,11-12H2,(H,20,22)(H,21,23)/t14-,18+/m0/s1. The molecule has 6 nitrogen and oxygen atoms in total. The van der Waals surface area contributed by atoms with Gasteiger partial charge in [0.25, 0.3) is 0 Å². The highest BCUT2D eigenvalue weighted by molar-refractivity contribution is 5.81. The maximum atomic E-state index is 9.70. The minimum Gasteiger partial charge on any atom is -0.392 e. The third-order valence-corrected chi connectivity index (χ3v) is 4.78. The Morgan fingerprint density at radius 1 is 1.28 bits per heavy atom. The smallest absolute Gasteiger partial charge is 0.132 e. The van der Waals surface area contributed by atoms with Crippen molar-refractivity contribution in [3.63, 3.8) is 0 Å². The van der Waals surface area contributed by atoms with E-state index in [0.29, 0.717) is 5.92 Å². The van der Waals surface area contributed by atoms with Crippen LogP contribution in [0.1, 0.15) is 30.2 Å². The van der Waals surface area contributed by atoms with Gasteiger partial charge >= 0.3 is 0 Å². The summed E-state index contributed by atoms with van der Waals surface area (Å²) in [6.07, 6.45) is 3.90. The number of hydrogen-bond acceptors (Lipinski definition) is 5. The second kappa shape index (κ2) is 7.21. The topological polar surface area (TPSA) is 83.1 Å². The van der Waals surface area contributed by atoms with Crippen LogP contribution < -0.4 is 5.32 Å². The lowest BCUT2D eigenvalue weighted by atomic mass is 9.92. The second-order valence-corrected chi connectivity index (χ2v) is 6.43. The van der Waals surface area contributed by atoms with Crippen molar-refractivity contribution in [2.75, 3.05) is 18.5 Å². The molecule has 25 heavy (non-hydrogen) atoms. The van der Waals surface area contributed by atoms with Gasteiger partial charge in [0.15, 0.2) is 0 Å². The van der Waals surface area contributed by atoms with Crippen molar-refractivity contribution in [3.05, 3.63) is 53.9 Å². The molecule has 0 radical (unpaired) electrons. The highest BCUT2D eigenvalue weighted by atomic mass is 16.5. The number of aliphatic hydroxyl groups is 1. The number of hydrogen-bond donors (Lipinski definition) is 3. The van der Waals surface area contributed by atoms with Gasteiger partial charge in [-0.1, -0.05) is 18.2 Å². The van der Waals surface area contributed by atoms with E-state index in [-0.39, 0.29) is 12.7 Å². The molecule has 0 aliphatic carbocycles. The van der Waals surface area contributed by atoms with Crippen LogP contribution in [-0.4, -0.2) is 33.4 Å². The number of benzene rings is 1. The molecule has 0 unspecified atom stereocenters. The van der Waals surface area contributed by atoms with Crippen LogP contribution in [-0.2, 0) is 11.3 Å². The van der Waals surface area contributed by atoms with E-state index >= 15 is 0 Å². The lowest BCUT2D eigenvalue weighted by molar-refractivity contribution is -0.0264. The number of rotatable bonds is 5. The fourth-order valence-corrected chi connectivity index (χ4v) is 3.48. The maximum Gasteiger partial charge on any atom is 0.132 e. The SMILES string of the molecule is OCc1cc2ccccc2nc1NC[C@@H]1CCCO[C@H]1c1ccn[nH]1. The summed E-state index contributed by atoms with van der Waals surface area (Å²) in [7, 11) is 0. The Balaban J connectivity index is 1.54. The summed E-state index contributed by atoms with van der Waals surface area (Å²) in [5, 5.41) is 21.2. The first-order valence-corrected chi connectivity index (χ1v) is 8.69. The monoisotopic (exact) mass is 338 g/mol. The van der Waals surface area contributed by atoms with Gasteiger partial charge < -0.3 is 15.2 Å². The van der Waals surface area contributed by atoms with Crippen molar-refractivity contribution >= 4 is 16.7 Å². The van der Waals surface area contributed by atoms with Crippen molar-refractivity contribution in [1.29, 1.82) is 0 Å². The van der Waals surface area contributed by atoms with Crippen molar-refractivity contribution < 1.29 is 9.84 Å². The molecule has 1 fully saturated rings. The molecule has 0 amide bonds. The van der Waals surface area contributed by atoms with Crippen LogP contribution in [0.5, 0.6) is 0 Å². The molecule has 2 atom stereocenters. The van der Waals surface area contributed by atoms with Gasteiger partial charge in [0, 0.05) is 36.2 Å². The van der Waals surface area contributed by atoms with Crippen molar-refractivity contribution in [1.82, 2.24) is 15.2 Å². The number of pyridine rings is 1. The molecular formula is C19H22N4O2. The summed E-state index contributed by atoms with van der Waals surface area (Å²) in [6, 6.07) is 11.9. The van der Waals surface area contributed by atoms with Gasteiger partial charge in [-0.15, -0.1) is 0 Å². The largest absolute Gasteiger partial charge is 0.392 e. The molecule has 1 saturated heterocycles. The maximum absolute atomic E-state index is 9.70. The Hall–Kier alpha value is -2.44. The molecule has 2 aromatic heterocycles. The number of aliphatic hydroxyl groups excluding tert-OH is 1. The van der Waals surface area contributed by atoms with Crippen LogP contribution in [0.25, 0.3) is 10.9 Å². The molecule has 1 aromatic carbocycles. The second-order valence-electron chi connectivity index (χ2n) is 6.43. The van der Waals surface area contributed by atoms with E-state index in [9.17, 15) is 5.11 Å². The van der Waals surface area contributed by atoms with E-state index < -0.39 is 0 Å². The summed E-state index contributed by atoms with van der Waals surface area (Å²) in [6.45, 7) is 1.48. The zero-order chi connectivity index (χ0) is 17.1. The number of H-pyrrole nitrogens is 1. The molecular weight excluding hydrogens is 316 g/mol. The van der Waals surface area contributed by atoms with Crippen LogP contribution in [0.2, 0.25) is 0 Å². The van der Waals surface area contributed by atoms with Gasteiger partial charge in [0.1, 0.15) is 11.9 Å². The average molecular weight is 338 g/mol. The normalized spacial score (nSPS) is 20.7. The number of ether oxygens (including phenoxy) is 1. The zero-order valence-corrected chi connectivity index (χ0v) is 14.0. The van der Waals surface area contributed by atoms with Gasteiger partial charge in [-0.3, -0.25) is 5.10 Å². The number of fused-ring (bicyclic) bond motifs is 1. The van der Waals surface area contributed by atoms with E-state index in [1.54, 1.807) is 6.20 Å². The van der Waals surface area contributed by atoms with Gasteiger partial charge in [0.2, 0.25) is 0 Å². The Bertz CT molecular complexity index is 835. The van der Waals surface area contributed by atoms with Gasteiger partial charge in [-0.2, -0.15) is 5.10 Å². The summed E-state index contributed by atoms with van der Waals surface area (Å²) in [5.41, 5.74) is 2.75. The van der Waals surface area contributed by atoms with Crippen molar-refractivity contribution in [2.24, 2.45) is 5.92 Å². The molecule has 1 aliphatic heterocycles. The first-order chi connectivity index (χ1) is 12.3. The zero-order valence-electron chi connectivity index (χ0n) is 14.0. The fraction of sp³-hybridized carbons (Fsp3) is 0.368. The molecule has 0 bridgehead atoms. The lowest BCUT2D eigenvalue weighted by Crippen LogP contribution is -2.29. The number of nitrogens with one attached hydrogen (secondary N) is 2. The summed E-state index contributed by atoms with van der Waals surface area (Å²) >= 11 is 0. The first kappa shape index (κ1) is 16.1. The Labute approximate surface area is 146 Å². The summed E-state index contributed by atoms with van der Waals surface area (Å²) in [5.74, 6) is 1.07. The van der Waals surface area contributed by atoms with E-state index in [0.717, 1.165) is 54.0 Å². The molecule has 130 valence electrons. The van der Waals surface area contributed by atoms with E-state index in [1.165, 1.54) is 0 Å². The van der Waals surface area contributed by atoms with Gasteiger partial charge in [0.05, 0.1) is 17.8 Å². The average Bonchev–Trinajstić information content (AvgIpc) is 3.20. The Kier molecular flexibility index (Phi) is 4.63. The third kappa shape index (κ3) is 3.36. The number of aromatic amines is 1. The summed E-state index contributed by atoms with van der Waals surface area (Å²) in [4.78, 5) is 4.69. The predicted octanol–water partition coefficient (Wildman–Crippen LogP) is 3.03. The van der Waals surface area contributed by atoms with E-state index in [2.05, 4.69) is 20.5 Å². The highest BCUT2D eigenvalue weighted by Crippen LogP contribution is 2.33. The number of aromatic nitrogens is 3. The fourth-order valence-electron chi connectivity index (χ4n) is 3.48. The third-order valence-electron chi connectivity index (χ3n) is 4.78. The van der Waals surface area contributed by atoms with Crippen LogP contribution in [0.4, 0.5) is 5.82 Å². The molecule has 0 spiro atoms. The quantitative estimate of drug-likeness (QED) is 0.666. The minimum absolute atomic E-state index is 0.0155. The molecule has 6 heteroatoms. The van der Waals surface area contributed by atoms with Crippen LogP contribution in [0.15, 0.2) is 42.6 Å². The Morgan fingerprint density at radius 3 is 3.04 bits per heavy atom. The van der Waals surface area contributed by atoms with Gasteiger partial charge in [-0.25, -0.2) is 4.98 Å². The van der Waals surface area contributed by atoms with Crippen molar-refractivity contribution in [2.45, 2.75) is 25.6 Å². The Morgan fingerprint density at radius 2 is 2.20 bits per heavy atom. The lowest BCUT2D eigenvalue weighted by Gasteiger charge is -2.31. The number of nitrogens with zero attached hydrogens (tertiary/aromatic N) is 2. The predicted molar refractivity (Wildman–Crippen MR) is 96.2 cm³/mol. The van der Waals surface area contributed by atoms with Crippen molar-refractivity contribution in [3.8, 4) is 0 Å². The molecule has 4 rings (SSSR count). The number of anilines is 1. The minimum atomic E-state index is -0.0364. The molecule has 1 aliphatic rings. The number of para-hydroxylation sites is 1. The molecule has 0 saturated carbocycles.